The highest BCUT2D eigenvalue weighted by molar-refractivity contribution is 5.97. The van der Waals surface area contributed by atoms with Crippen molar-refractivity contribution in [2.24, 2.45) is 11.7 Å². The van der Waals surface area contributed by atoms with Gasteiger partial charge in [-0.05, 0) is 50.4 Å². The maximum Gasteiger partial charge on any atom is 0.251 e. The van der Waals surface area contributed by atoms with Gasteiger partial charge in [-0.15, -0.1) is 0 Å². The molecule has 0 radical (unpaired) electrons. The number of nitrogens with one attached hydrogen (secondary N) is 2. The first-order valence-electron chi connectivity index (χ1n) is 7.52. The van der Waals surface area contributed by atoms with Crippen LogP contribution in [0.5, 0.6) is 0 Å². The van der Waals surface area contributed by atoms with Gasteiger partial charge in [0.15, 0.2) is 0 Å². The number of rotatable bonds is 7. The van der Waals surface area contributed by atoms with E-state index in [1.54, 1.807) is 24.3 Å². The van der Waals surface area contributed by atoms with Crippen LogP contribution in [0, 0.1) is 5.92 Å². The Morgan fingerprint density at radius 2 is 2.14 bits per heavy atom. The zero-order valence-electron chi connectivity index (χ0n) is 12.4. The van der Waals surface area contributed by atoms with Crippen molar-refractivity contribution in [2.45, 2.75) is 38.6 Å². The third kappa shape index (κ3) is 4.86. The molecule has 4 N–H and O–H groups in total. The van der Waals surface area contributed by atoms with Gasteiger partial charge < -0.3 is 16.4 Å². The van der Waals surface area contributed by atoms with Gasteiger partial charge in [0.1, 0.15) is 0 Å². The second kappa shape index (κ2) is 7.22. The molecule has 0 saturated heterocycles. The summed E-state index contributed by atoms with van der Waals surface area (Å²) in [6, 6.07) is 7.37. The molecule has 1 aromatic rings. The van der Waals surface area contributed by atoms with Crippen LogP contribution in [-0.4, -0.2) is 24.4 Å². The normalized spacial score (nSPS) is 15.3. The maximum absolute atomic E-state index is 12.0. The Morgan fingerprint density at radius 3 is 2.81 bits per heavy atom. The van der Waals surface area contributed by atoms with Crippen LogP contribution in [0.1, 0.15) is 43.0 Å². The molecule has 0 spiro atoms. The summed E-state index contributed by atoms with van der Waals surface area (Å²) in [6.45, 7) is 2.48. The van der Waals surface area contributed by atoms with Crippen molar-refractivity contribution in [3.05, 3.63) is 29.8 Å². The van der Waals surface area contributed by atoms with E-state index in [2.05, 4.69) is 10.6 Å². The van der Waals surface area contributed by atoms with Crippen LogP contribution in [0.25, 0.3) is 0 Å². The van der Waals surface area contributed by atoms with E-state index in [4.69, 9.17) is 5.73 Å². The predicted octanol–water partition coefficient (Wildman–Crippen LogP) is 1.89. The molecule has 114 valence electrons. The number of carbonyl (C=O) groups excluding carboxylic acids is 2. The molecule has 2 rings (SSSR count). The van der Waals surface area contributed by atoms with Gasteiger partial charge in [-0.1, -0.05) is 13.0 Å². The first-order valence-corrected chi connectivity index (χ1v) is 7.52. The molecule has 1 fully saturated rings. The number of benzene rings is 1. The summed E-state index contributed by atoms with van der Waals surface area (Å²) in [4.78, 5) is 24.0. The number of carbonyl (C=O) groups is 2. The van der Waals surface area contributed by atoms with Gasteiger partial charge in [-0.2, -0.15) is 0 Å². The minimum atomic E-state index is -0.0857. The van der Waals surface area contributed by atoms with Crippen LogP contribution < -0.4 is 16.4 Å². The fourth-order valence-corrected chi connectivity index (χ4v) is 2.06. The van der Waals surface area contributed by atoms with Crippen molar-refractivity contribution in [2.75, 3.05) is 11.9 Å². The van der Waals surface area contributed by atoms with Gasteiger partial charge in [-0.25, -0.2) is 0 Å². The Hall–Kier alpha value is -1.88. The molecule has 21 heavy (non-hydrogen) atoms. The van der Waals surface area contributed by atoms with E-state index in [9.17, 15) is 9.59 Å². The van der Waals surface area contributed by atoms with E-state index in [1.807, 2.05) is 6.92 Å². The highest BCUT2D eigenvalue weighted by Gasteiger charge is 2.23. The third-order valence-corrected chi connectivity index (χ3v) is 3.59. The molecule has 1 atom stereocenters. The summed E-state index contributed by atoms with van der Waals surface area (Å²) in [5.74, 6) is -0.203. The summed E-state index contributed by atoms with van der Waals surface area (Å²) in [6.07, 6.45) is 3.71. The Balaban J connectivity index is 1.93. The molecule has 1 aliphatic carbocycles. The second-order valence-corrected chi connectivity index (χ2v) is 5.65. The molecule has 0 heterocycles. The molecule has 1 aliphatic rings. The van der Waals surface area contributed by atoms with Gasteiger partial charge >= 0.3 is 0 Å². The SMILES string of the molecule is CC(CCCN)C(=O)Nc1cccc(C(=O)NC2CC2)c1. The molecule has 1 unspecified atom stereocenters. The van der Waals surface area contributed by atoms with Crippen molar-refractivity contribution in [3.8, 4) is 0 Å². The van der Waals surface area contributed by atoms with E-state index in [-0.39, 0.29) is 17.7 Å². The number of nitrogens with two attached hydrogens (primary N) is 1. The van der Waals surface area contributed by atoms with Gasteiger partial charge in [0.25, 0.3) is 5.91 Å². The highest BCUT2D eigenvalue weighted by atomic mass is 16.2. The van der Waals surface area contributed by atoms with Crippen LogP contribution in [0.4, 0.5) is 5.69 Å². The van der Waals surface area contributed by atoms with Gasteiger partial charge in [0.2, 0.25) is 5.91 Å². The molecular weight excluding hydrogens is 266 g/mol. The average molecular weight is 289 g/mol. The fraction of sp³-hybridized carbons (Fsp3) is 0.500. The summed E-state index contributed by atoms with van der Waals surface area (Å²) in [7, 11) is 0. The number of amides is 2. The van der Waals surface area contributed by atoms with E-state index in [1.165, 1.54) is 0 Å². The van der Waals surface area contributed by atoms with E-state index < -0.39 is 0 Å². The molecule has 1 saturated carbocycles. The van der Waals surface area contributed by atoms with Gasteiger partial charge in [0, 0.05) is 23.2 Å². The Morgan fingerprint density at radius 1 is 1.38 bits per heavy atom. The van der Waals surface area contributed by atoms with E-state index in [0.29, 0.717) is 23.8 Å². The van der Waals surface area contributed by atoms with Gasteiger partial charge in [0.05, 0.1) is 0 Å². The summed E-state index contributed by atoms with van der Waals surface area (Å²) >= 11 is 0. The topological polar surface area (TPSA) is 84.2 Å². The van der Waals surface area contributed by atoms with Crippen LogP contribution in [0.3, 0.4) is 0 Å². The molecule has 2 amide bonds. The minimum Gasteiger partial charge on any atom is -0.349 e. The smallest absolute Gasteiger partial charge is 0.251 e. The van der Waals surface area contributed by atoms with E-state index >= 15 is 0 Å². The lowest BCUT2D eigenvalue weighted by Gasteiger charge is -2.12. The maximum atomic E-state index is 12.0. The third-order valence-electron chi connectivity index (χ3n) is 3.59. The second-order valence-electron chi connectivity index (χ2n) is 5.65. The summed E-state index contributed by atoms with van der Waals surface area (Å²) in [5.41, 5.74) is 6.68. The first kappa shape index (κ1) is 15.5. The lowest BCUT2D eigenvalue weighted by molar-refractivity contribution is -0.119. The number of anilines is 1. The molecule has 1 aromatic carbocycles. The first-order chi connectivity index (χ1) is 10.1. The minimum absolute atomic E-state index is 0.0387. The van der Waals surface area contributed by atoms with Crippen molar-refractivity contribution >= 4 is 17.5 Å². The molecule has 0 aromatic heterocycles. The average Bonchev–Trinajstić information content (AvgIpc) is 3.28. The quantitative estimate of drug-likeness (QED) is 0.716. The van der Waals surface area contributed by atoms with Crippen LogP contribution in [0.15, 0.2) is 24.3 Å². The Bertz CT molecular complexity index is 512. The summed E-state index contributed by atoms with van der Waals surface area (Å²) in [5, 5.41) is 5.79. The van der Waals surface area contributed by atoms with Crippen molar-refractivity contribution in [1.29, 1.82) is 0 Å². The van der Waals surface area contributed by atoms with Crippen LogP contribution in [0.2, 0.25) is 0 Å². The molecule has 5 nitrogen and oxygen atoms in total. The van der Waals surface area contributed by atoms with Gasteiger partial charge in [-0.3, -0.25) is 9.59 Å². The molecule has 0 aliphatic heterocycles. The van der Waals surface area contributed by atoms with Crippen LogP contribution in [-0.2, 0) is 4.79 Å². The van der Waals surface area contributed by atoms with Crippen molar-refractivity contribution < 1.29 is 9.59 Å². The lowest BCUT2D eigenvalue weighted by Crippen LogP contribution is -2.25. The fourth-order valence-electron chi connectivity index (χ4n) is 2.06. The van der Waals surface area contributed by atoms with Crippen molar-refractivity contribution in [1.82, 2.24) is 5.32 Å². The highest BCUT2D eigenvalue weighted by Crippen LogP contribution is 2.20. The van der Waals surface area contributed by atoms with Crippen LogP contribution >= 0.6 is 0 Å². The monoisotopic (exact) mass is 289 g/mol. The zero-order chi connectivity index (χ0) is 15.2. The molecule has 5 heteroatoms. The Labute approximate surface area is 125 Å². The Kier molecular flexibility index (Phi) is 5.33. The van der Waals surface area contributed by atoms with Crippen molar-refractivity contribution in [3.63, 3.8) is 0 Å². The molecular formula is C16H23N3O2. The largest absolute Gasteiger partial charge is 0.349 e. The zero-order valence-corrected chi connectivity index (χ0v) is 12.4. The molecule has 0 bridgehead atoms. The number of hydrogen-bond acceptors (Lipinski definition) is 3. The predicted molar refractivity (Wildman–Crippen MR) is 83.0 cm³/mol. The van der Waals surface area contributed by atoms with E-state index in [0.717, 1.165) is 25.7 Å². The number of hydrogen-bond donors (Lipinski definition) is 3. The summed E-state index contributed by atoms with van der Waals surface area (Å²) < 4.78 is 0. The standard InChI is InChI=1S/C16H23N3O2/c1-11(4-3-9-17)15(20)19-14-6-2-5-12(10-14)16(21)18-13-7-8-13/h2,5-6,10-11,13H,3-4,7-9,17H2,1H3,(H,18,21)(H,19,20). The lowest BCUT2D eigenvalue weighted by atomic mass is 10.0.